The highest BCUT2D eigenvalue weighted by Gasteiger charge is 2.31. The molecule has 4 heteroatoms. The molecule has 3 nitrogen and oxygen atoms in total. The van der Waals surface area contributed by atoms with Gasteiger partial charge in [-0.3, -0.25) is 0 Å². The fraction of sp³-hybridized carbons (Fsp3) is 0.500. The maximum Gasteiger partial charge on any atom is 0.0852 e. The Balaban J connectivity index is 0.000000162. The van der Waals surface area contributed by atoms with Gasteiger partial charge in [0.1, 0.15) is 0 Å². The fourth-order valence-electron chi connectivity index (χ4n) is 4.77. The molecular weight excluding hydrogens is 416 g/mol. The van der Waals surface area contributed by atoms with Crippen LogP contribution in [0.25, 0.3) is 0 Å². The minimum Gasteiger partial charge on any atom is -0.396 e. The van der Waals surface area contributed by atoms with E-state index in [1.165, 1.54) is 32.3 Å². The number of benzene rings is 2. The summed E-state index contributed by atoms with van der Waals surface area (Å²) in [6, 6.07) is 12.7. The van der Waals surface area contributed by atoms with Gasteiger partial charge in [-0.25, -0.2) is 0 Å². The van der Waals surface area contributed by atoms with Crippen LogP contribution in [0.1, 0.15) is 53.9 Å². The van der Waals surface area contributed by atoms with E-state index in [-0.39, 0.29) is 18.8 Å². The zero-order valence-corrected chi connectivity index (χ0v) is 18.8. The molecule has 0 heterocycles. The lowest BCUT2D eigenvalue weighted by Gasteiger charge is -2.14. The van der Waals surface area contributed by atoms with Crippen molar-refractivity contribution in [2.45, 2.75) is 45.3 Å². The minimum atomic E-state index is 0.225. The van der Waals surface area contributed by atoms with Gasteiger partial charge < -0.3 is 14.6 Å². The second kappa shape index (κ2) is 9.53. The average molecular weight is 447 g/mol. The Bertz CT molecular complexity index is 804. The molecule has 0 saturated heterocycles. The number of ether oxygens (including phenoxy) is 2. The van der Waals surface area contributed by atoms with E-state index in [1.807, 2.05) is 0 Å². The summed E-state index contributed by atoms with van der Waals surface area (Å²) in [5.74, 6) is 1.14. The number of fused-ring (bicyclic) bond motifs is 2. The summed E-state index contributed by atoms with van der Waals surface area (Å²) in [5, 5.41) is 9.01. The van der Waals surface area contributed by atoms with Crippen molar-refractivity contribution in [2.75, 3.05) is 20.8 Å². The predicted octanol–water partition coefficient (Wildman–Crippen LogP) is 5.43. The fourth-order valence-corrected chi connectivity index (χ4v) is 5.31. The van der Waals surface area contributed by atoms with Crippen LogP contribution in [-0.4, -0.2) is 25.9 Å². The Morgan fingerprint density at radius 2 is 1.43 bits per heavy atom. The standard InChI is InChI=1S/C13H18O2.C11H13BrO/c1-9-8-12-10(6-7-14)4-3-5-11(12)13(9)15-2;1-7-6-9-8(11(7)13-2)4-3-5-10(9)12/h3-5,9,13-14H,6-8H2,1-2H3;3-5,7,11H,6H2,1-2H3. The van der Waals surface area contributed by atoms with E-state index in [9.17, 15) is 0 Å². The maximum atomic E-state index is 9.01. The lowest BCUT2D eigenvalue weighted by Crippen LogP contribution is -2.05. The monoisotopic (exact) mass is 446 g/mol. The number of hydrogen-bond donors (Lipinski definition) is 1. The normalized spacial score (nSPS) is 25.1. The van der Waals surface area contributed by atoms with Crippen molar-refractivity contribution in [2.24, 2.45) is 11.8 Å². The van der Waals surface area contributed by atoms with Crippen molar-refractivity contribution in [3.05, 3.63) is 68.7 Å². The highest BCUT2D eigenvalue weighted by Crippen LogP contribution is 2.41. The molecule has 2 aromatic rings. The van der Waals surface area contributed by atoms with E-state index in [0.717, 1.165) is 19.3 Å². The van der Waals surface area contributed by atoms with Crippen LogP contribution in [0.3, 0.4) is 0 Å². The first-order chi connectivity index (χ1) is 13.5. The number of methoxy groups -OCH3 is 2. The third kappa shape index (κ3) is 4.20. The number of hydrogen-bond acceptors (Lipinski definition) is 3. The molecule has 28 heavy (non-hydrogen) atoms. The molecule has 0 spiro atoms. The smallest absolute Gasteiger partial charge is 0.0852 e. The summed E-state index contributed by atoms with van der Waals surface area (Å²) >= 11 is 3.58. The molecule has 0 aliphatic heterocycles. The molecule has 0 aromatic heterocycles. The third-order valence-electron chi connectivity index (χ3n) is 6.05. The molecule has 0 amide bonds. The molecular formula is C24H31BrO3. The Hall–Kier alpha value is -1.20. The second-order valence-electron chi connectivity index (χ2n) is 7.94. The zero-order valence-electron chi connectivity index (χ0n) is 17.2. The van der Waals surface area contributed by atoms with Crippen molar-refractivity contribution in [1.82, 2.24) is 0 Å². The van der Waals surface area contributed by atoms with Gasteiger partial charge in [0.15, 0.2) is 0 Å². The molecule has 2 aromatic carbocycles. The van der Waals surface area contributed by atoms with E-state index >= 15 is 0 Å². The Labute approximate surface area is 177 Å². The molecule has 2 aliphatic carbocycles. The van der Waals surface area contributed by atoms with E-state index in [4.69, 9.17) is 14.6 Å². The molecule has 0 saturated carbocycles. The summed E-state index contributed by atoms with van der Waals surface area (Å²) in [6.45, 7) is 4.68. The number of rotatable bonds is 4. The molecule has 0 bridgehead atoms. The first kappa shape index (κ1) is 21.5. The van der Waals surface area contributed by atoms with Crippen LogP contribution in [0, 0.1) is 11.8 Å². The largest absolute Gasteiger partial charge is 0.396 e. The molecule has 2 aliphatic rings. The van der Waals surface area contributed by atoms with E-state index in [0.29, 0.717) is 11.8 Å². The SMILES string of the molecule is COC1c2cccc(Br)c2CC1C.COC1c2cccc(CCO)c2CC1C. The molecule has 1 N–H and O–H groups in total. The molecule has 0 radical (unpaired) electrons. The minimum absolute atomic E-state index is 0.225. The van der Waals surface area contributed by atoms with Gasteiger partial charge in [0.05, 0.1) is 12.2 Å². The van der Waals surface area contributed by atoms with Crippen LogP contribution in [0.2, 0.25) is 0 Å². The number of aliphatic hydroxyl groups is 1. The first-order valence-electron chi connectivity index (χ1n) is 10.1. The lowest BCUT2D eigenvalue weighted by atomic mass is 10.0. The Morgan fingerprint density at radius 3 is 2.00 bits per heavy atom. The van der Waals surface area contributed by atoms with Crippen LogP contribution < -0.4 is 0 Å². The first-order valence-corrected chi connectivity index (χ1v) is 10.9. The molecule has 152 valence electrons. The van der Waals surface area contributed by atoms with E-state index < -0.39 is 0 Å². The van der Waals surface area contributed by atoms with Gasteiger partial charge in [-0.05, 0) is 65.0 Å². The lowest BCUT2D eigenvalue weighted by molar-refractivity contribution is 0.0695. The van der Waals surface area contributed by atoms with Gasteiger partial charge in [0.25, 0.3) is 0 Å². The molecule has 0 fully saturated rings. The van der Waals surface area contributed by atoms with Crippen molar-refractivity contribution >= 4 is 15.9 Å². The van der Waals surface area contributed by atoms with Gasteiger partial charge in [0.2, 0.25) is 0 Å². The van der Waals surface area contributed by atoms with Crippen LogP contribution in [0.5, 0.6) is 0 Å². The van der Waals surface area contributed by atoms with Gasteiger partial charge in [-0.15, -0.1) is 0 Å². The van der Waals surface area contributed by atoms with Gasteiger partial charge >= 0.3 is 0 Å². The highest BCUT2D eigenvalue weighted by molar-refractivity contribution is 9.10. The molecule has 4 unspecified atom stereocenters. The van der Waals surface area contributed by atoms with E-state index in [2.05, 4.69) is 66.2 Å². The molecule has 4 atom stereocenters. The van der Waals surface area contributed by atoms with Gasteiger partial charge in [-0.1, -0.05) is 60.1 Å². The van der Waals surface area contributed by atoms with Gasteiger partial charge in [0, 0.05) is 25.3 Å². The van der Waals surface area contributed by atoms with Crippen molar-refractivity contribution in [3.63, 3.8) is 0 Å². The molecule has 4 rings (SSSR count). The quantitative estimate of drug-likeness (QED) is 0.680. The average Bonchev–Trinajstić information content (AvgIpc) is 3.19. The number of aliphatic hydroxyl groups excluding tert-OH is 1. The van der Waals surface area contributed by atoms with Crippen LogP contribution >= 0.6 is 15.9 Å². The topological polar surface area (TPSA) is 38.7 Å². The number of halogens is 1. The van der Waals surface area contributed by atoms with Crippen molar-refractivity contribution < 1.29 is 14.6 Å². The zero-order chi connectivity index (χ0) is 20.3. The summed E-state index contributed by atoms with van der Waals surface area (Å²) < 4.78 is 12.2. The van der Waals surface area contributed by atoms with Crippen molar-refractivity contribution in [1.29, 1.82) is 0 Å². The summed E-state index contributed by atoms with van der Waals surface area (Å²) in [4.78, 5) is 0. The van der Waals surface area contributed by atoms with Crippen molar-refractivity contribution in [3.8, 4) is 0 Å². The van der Waals surface area contributed by atoms with Crippen LogP contribution in [-0.2, 0) is 28.7 Å². The van der Waals surface area contributed by atoms with Crippen LogP contribution in [0.4, 0.5) is 0 Å². The maximum absolute atomic E-state index is 9.01. The second-order valence-corrected chi connectivity index (χ2v) is 8.80. The Kier molecular flexibility index (Phi) is 7.32. The predicted molar refractivity (Wildman–Crippen MR) is 117 cm³/mol. The Morgan fingerprint density at radius 1 is 0.893 bits per heavy atom. The van der Waals surface area contributed by atoms with Gasteiger partial charge in [-0.2, -0.15) is 0 Å². The summed E-state index contributed by atoms with van der Waals surface area (Å²) in [6.07, 6.45) is 3.47. The highest BCUT2D eigenvalue weighted by atomic mass is 79.9. The van der Waals surface area contributed by atoms with E-state index in [1.54, 1.807) is 14.2 Å². The summed E-state index contributed by atoms with van der Waals surface area (Å²) in [5.41, 5.74) is 6.76. The van der Waals surface area contributed by atoms with Crippen LogP contribution in [0.15, 0.2) is 40.9 Å². The summed E-state index contributed by atoms with van der Waals surface area (Å²) in [7, 11) is 3.56. The third-order valence-corrected chi connectivity index (χ3v) is 6.80.